The number of anilines is 1. The van der Waals surface area contributed by atoms with Crippen LogP contribution in [0.25, 0.3) is 11.4 Å². The average Bonchev–Trinajstić information content (AvgIpc) is 3.13. The van der Waals surface area contributed by atoms with Crippen molar-refractivity contribution in [2.24, 2.45) is 5.92 Å². The summed E-state index contributed by atoms with van der Waals surface area (Å²) < 4.78 is -3.37. The Morgan fingerprint density at radius 3 is 2.45 bits per heavy atom. The second kappa shape index (κ2) is 9.47. The first-order chi connectivity index (χ1) is 13.6. The van der Waals surface area contributed by atoms with E-state index in [0.717, 1.165) is 26.1 Å². The van der Waals surface area contributed by atoms with E-state index in [1.165, 1.54) is 0 Å². The van der Waals surface area contributed by atoms with E-state index in [1.54, 1.807) is 24.3 Å². The number of halogens is 6. The Morgan fingerprint density at radius 1 is 1.07 bits per heavy atom. The van der Waals surface area contributed by atoms with Gasteiger partial charge in [-0.1, -0.05) is 94.7 Å². The molecule has 3 rings (SSSR count). The lowest BCUT2D eigenvalue weighted by Gasteiger charge is -2.16. The molecule has 1 atom stereocenters. The number of nitrogens with one attached hydrogen (secondary N) is 1. The first-order valence-electron chi connectivity index (χ1n) is 9.03. The number of alkyl halides is 6. The van der Waals surface area contributed by atoms with E-state index in [2.05, 4.69) is 32.1 Å². The predicted octanol–water partition coefficient (Wildman–Crippen LogP) is 5.95. The molecule has 1 unspecified atom stereocenters. The van der Waals surface area contributed by atoms with Gasteiger partial charge < -0.3 is 10.2 Å². The molecule has 29 heavy (non-hydrogen) atoms. The first-order valence-corrected chi connectivity index (χ1v) is 11.3. The molecule has 0 spiro atoms. The van der Waals surface area contributed by atoms with Crippen molar-refractivity contribution in [3.8, 4) is 11.4 Å². The third kappa shape index (κ3) is 6.36. The average molecular weight is 518 g/mol. The zero-order chi connectivity index (χ0) is 21.2. The van der Waals surface area contributed by atoms with Crippen LogP contribution in [0.4, 0.5) is 5.95 Å². The van der Waals surface area contributed by atoms with Gasteiger partial charge in [0.2, 0.25) is 13.5 Å². The van der Waals surface area contributed by atoms with Crippen molar-refractivity contribution < 1.29 is 0 Å². The quantitative estimate of drug-likeness (QED) is 0.497. The molecule has 1 aliphatic rings. The second-order valence-corrected chi connectivity index (χ2v) is 11.4. The predicted molar refractivity (Wildman–Crippen MR) is 122 cm³/mol. The van der Waals surface area contributed by atoms with Gasteiger partial charge in [0.15, 0.2) is 11.6 Å². The fourth-order valence-corrected chi connectivity index (χ4v) is 3.75. The molecule has 1 aromatic carbocycles. The van der Waals surface area contributed by atoms with Gasteiger partial charge in [-0.25, -0.2) is 4.98 Å². The van der Waals surface area contributed by atoms with Crippen molar-refractivity contribution in [1.29, 1.82) is 0 Å². The fourth-order valence-electron chi connectivity index (χ4n) is 3.15. The zero-order valence-electron chi connectivity index (χ0n) is 15.5. The van der Waals surface area contributed by atoms with Crippen LogP contribution in [-0.4, -0.2) is 46.0 Å². The highest BCUT2D eigenvalue weighted by Gasteiger charge is 2.29. The summed E-state index contributed by atoms with van der Waals surface area (Å²) in [6.07, 6.45) is 1.11. The third-order valence-electron chi connectivity index (χ3n) is 4.70. The summed E-state index contributed by atoms with van der Waals surface area (Å²) in [5.41, 5.74) is 1.10. The molecule has 158 valence electrons. The van der Waals surface area contributed by atoms with Gasteiger partial charge in [-0.2, -0.15) is 9.97 Å². The molecule has 11 heteroatoms. The fraction of sp³-hybridized carbons (Fsp3) is 0.500. The third-order valence-corrected chi connectivity index (χ3v) is 5.86. The summed E-state index contributed by atoms with van der Waals surface area (Å²) in [4.78, 5) is 15.5. The number of rotatable bonds is 5. The Kier molecular flexibility index (Phi) is 7.64. The molecule has 5 nitrogen and oxygen atoms in total. The molecular weight excluding hydrogens is 499 g/mol. The number of aromatic nitrogens is 3. The van der Waals surface area contributed by atoms with Crippen LogP contribution in [0.15, 0.2) is 24.3 Å². The molecule has 1 saturated heterocycles. The highest BCUT2D eigenvalue weighted by atomic mass is 35.6. The van der Waals surface area contributed by atoms with Crippen LogP contribution in [-0.2, 0) is 7.59 Å². The Hall–Kier alpha value is -0.270. The minimum atomic E-state index is -1.80. The van der Waals surface area contributed by atoms with Gasteiger partial charge in [0, 0.05) is 24.2 Å². The van der Waals surface area contributed by atoms with Gasteiger partial charge in [0.25, 0.3) is 0 Å². The Bertz CT molecular complexity index is 851. The number of likely N-dealkylation sites (tertiary alicyclic amines) is 1. The molecule has 0 bridgehead atoms. The first kappa shape index (κ1) is 23.4. The maximum absolute atomic E-state index is 6.04. The van der Waals surface area contributed by atoms with Crippen LogP contribution < -0.4 is 5.32 Å². The van der Waals surface area contributed by atoms with E-state index in [1.807, 2.05) is 0 Å². The maximum Gasteiger partial charge on any atom is 0.250 e. The molecule has 0 radical (unpaired) electrons. The zero-order valence-corrected chi connectivity index (χ0v) is 20.0. The molecule has 2 aromatic rings. The summed E-state index contributed by atoms with van der Waals surface area (Å²) in [6, 6.07) is 6.92. The van der Waals surface area contributed by atoms with Gasteiger partial charge in [0.1, 0.15) is 0 Å². The molecule has 1 aliphatic heterocycles. The highest BCUT2D eigenvalue weighted by molar-refractivity contribution is 6.67. The topological polar surface area (TPSA) is 53.9 Å². The summed E-state index contributed by atoms with van der Waals surface area (Å²) in [5.74, 6) is 1.18. The van der Waals surface area contributed by atoms with E-state index in [9.17, 15) is 0 Å². The number of hydrogen-bond acceptors (Lipinski definition) is 5. The van der Waals surface area contributed by atoms with Crippen LogP contribution in [0.3, 0.4) is 0 Å². The van der Waals surface area contributed by atoms with Gasteiger partial charge in [-0.15, -0.1) is 0 Å². The smallest absolute Gasteiger partial charge is 0.250 e. The van der Waals surface area contributed by atoms with E-state index < -0.39 is 7.59 Å². The molecule has 1 fully saturated rings. The normalized spacial score (nSPS) is 18.2. The van der Waals surface area contributed by atoms with Gasteiger partial charge in [0.05, 0.1) is 0 Å². The highest BCUT2D eigenvalue weighted by Crippen LogP contribution is 2.40. The molecule has 0 amide bonds. The molecular formula is C18H19Cl6N5. The summed E-state index contributed by atoms with van der Waals surface area (Å²) in [6.45, 7) is 6.04. The SMILES string of the molecule is CCN1CCC(CNc2nc(-c3cccc(C(Cl)(Cl)Cl)c3)nc(C(Cl)(Cl)Cl)n2)C1. The Morgan fingerprint density at radius 2 is 1.83 bits per heavy atom. The van der Waals surface area contributed by atoms with Crippen molar-refractivity contribution in [1.82, 2.24) is 19.9 Å². The second-order valence-electron chi connectivity index (χ2n) is 6.81. The van der Waals surface area contributed by atoms with Crippen molar-refractivity contribution in [2.75, 3.05) is 31.5 Å². The van der Waals surface area contributed by atoms with Gasteiger partial charge in [-0.05, 0) is 31.5 Å². The van der Waals surface area contributed by atoms with E-state index in [-0.39, 0.29) is 5.82 Å². The summed E-state index contributed by atoms with van der Waals surface area (Å²) in [5, 5.41) is 3.26. The Labute approximate surface area is 200 Å². The lowest BCUT2D eigenvalue weighted by molar-refractivity contribution is 0.345. The van der Waals surface area contributed by atoms with Crippen molar-refractivity contribution >= 4 is 75.6 Å². The summed E-state index contributed by atoms with van der Waals surface area (Å²) >= 11 is 36.1. The van der Waals surface area contributed by atoms with E-state index in [4.69, 9.17) is 69.6 Å². The van der Waals surface area contributed by atoms with Gasteiger partial charge in [-0.3, -0.25) is 0 Å². The largest absolute Gasteiger partial charge is 0.354 e. The van der Waals surface area contributed by atoms with Crippen LogP contribution >= 0.6 is 69.6 Å². The monoisotopic (exact) mass is 515 g/mol. The van der Waals surface area contributed by atoms with Crippen molar-refractivity contribution in [2.45, 2.75) is 20.9 Å². The van der Waals surface area contributed by atoms with Crippen molar-refractivity contribution in [3.05, 3.63) is 35.7 Å². The number of nitrogens with zero attached hydrogens (tertiary/aromatic N) is 4. The minimum absolute atomic E-state index is 0.0240. The van der Waals surface area contributed by atoms with Crippen LogP contribution in [0, 0.1) is 5.92 Å². The van der Waals surface area contributed by atoms with E-state index in [0.29, 0.717) is 35.4 Å². The van der Waals surface area contributed by atoms with Gasteiger partial charge >= 0.3 is 0 Å². The lowest BCUT2D eigenvalue weighted by atomic mass is 10.1. The number of benzene rings is 1. The standard InChI is InChI=1S/C18H19Cl6N5/c1-2-29-7-6-11(10-29)9-25-16-27-14(26-15(28-16)18(22,23)24)12-4-3-5-13(8-12)17(19,20)21/h3-5,8,11H,2,6-7,9-10H2,1H3,(H,25,26,27,28). The minimum Gasteiger partial charge on any atom is -0.354 e. The van der Waals surface area contributed by atoms with Crippen LogP contribution in [0.5, 0.6) is 0 Å². The molecule has 1 N–H and O–H groups in total. The maximum atomic E-state index is 6.04. The van der Waals surface area contributed by atoms with E-state index >= 15 is 0 Å². The molecule has 0 saturated carbocycles. The molecule has 1 aromatic heterocycles. The molecule has 2 heterocycles. The van der Waals surface area contributed by atoms with Crippen LogP contribution in [0.2, 0.25) is 0 Å². The van der Waals surface area contributed by atoms with Crippen LogP contribution in [0.1, 0.15) is 24.7 Å². The van der Waals surface area contributed by atoms with Crippen molar-refractivity contribution in [3.63, 3.8) is 0 Å². The molecule has 0 aliphatic carbocycles. The lowest BCUT2D eigenvalue weighted by Crippen LogP contribution is -2.23. The number of hydrogen-bond donors (Lipinski definition) is 1. The summed E-state index contributed by atoms with van der Waals surface area (Å²) in [7, 11) is 0. The Balaban J connectivity index is 1.89.